The molecule has 0 bridgehead atoms. The molecule has 5 nitrogen and oxygen atoms in total. The van der Waals surface area contributed by atoms with Gasteiger partial charge in [-0.1, -0.05) is 0 Å². The van der Waals surface area contributed by atoms with Gasteiger partial charge in [-0.2, -0.15) is 8.42 Å². The van der Waals surface area contributed by atoms with Crippen LogP contribution in [0, 0.1) is 0 Å². The van der Waals surface area contributed by atoms with Gasteiger partial charge >= 0.3 is 37.7 Å². The first-order valence-electron chi connectivity index (χ1n) is 3.54. The Hall–Kier alpha value is 0.640. The molecule has 0 fully saturated rings. The molecule has 0 spiro atoms. The van der Waals surface area contributed by atoms with E-state index < -0.39 is 15.4 Å². The van der Waals surface area contributed by atoms with Crippen LogP contribution in [0.4, 0.5) is 0 Å². The first-order chi connectivity index (χ1) is 5.34. The van der Waals surface area contributed by atoms with E-state index in [-0.39, 0.29) is 59.5 Å². The Kier molecular flexibility index (Phi) is 8.66. The van der Waals surface area contributed by atoms with Crippen LogP contribution >= 0.6 is 0 Å². The van der Waals surface area contributed by atoms with Crippen LogP contribution in [0.25, 0.3) is 0 Å². The largest absolute Gasteiger partial charge is 2.00 e. The van der Waals surface area contributed by atoms with Gasteiger partial charge in [0.05, 0.1) is 5.25 Å². The fourth-order valence-electron chi connectivity index (χ4n) is 0.600. The van der Waals surface area contributed by atoms with Gasteiger partial charge in [-0.15, -0.1) is 0 Å². The van der Waals surface area contributed by atoms with E-state index in [4.69, 9.17) is 4.55 Å². The Bertz CT molecular complexity index is 260. The van der Waals surface area contributed by atoms with Gasteiger partial charge in [0, 0.05) is 13.5 Å². The summed E-state index contributed by atoms with van der Waals surface area (Å²) in [7, 11) is -3.95. The van der Waals surface area contributed by atoms with Crippen LogP contribution in [0.3, 0.4) is 0 Å². The number of hydrogen-bond acceptors (Lipinski definition) is 3. The summed E-state index contributed by atoms with van der Waals surface area (Å²) >= 11 is 0. The molecule has 1 amide bonds. The fraction of sp³-hybridized carbons (Fsp3) is 0.833. The molecule has 0 aromatic heterocycles. The molecule has 0 aliphatic rings. The molecule has 0 radical (unpaired) electrons. The number of rotatable bonds is 4. The summed E-state index contributed by atoms with van der Waals surface area (Å²) in [4.78, 5) is 10.4. The molecule has 0 heterocycles. The molecule has 1 unspecified atom stereocenters. The average molecular weight is 237 g/mol. The zero-order valence-electron chi connectivity index (χ0n) is 9.78. The molecule has 0 saturated heterocycles. The Labute approximate surface area is 111 Å². The van der Waals surface area contributed by atoms with Gasteiger partial charge in [0.25, 0.3) is 10.1 Å². The molecular formula is C6H15CaNO4S. The summed E-state index contributed by atoms with van der Waals surface area (Å²) in [6.45, 7) is 2.99. The molecule has 2 N–H and O–H groups in total. The van der Waals surface area contributed by atoms with E-state index in [2.05, 4.69) is 5.32 Å². The second-order valence-electron chi connectivity index (χ2n) is 2.60. The molecular weight excluding hydrogens is 222 g/mol. The zero-order valence-corrected chi connectivity index (χ0v) is 10.8. The van der Waals surface area contributed by atoms with E-state index in [1.165, 1.54) is 13.8 Å². The predicted octanol–water partition coefficient (Wildman–Crippen LogP) is -0.367. The maximum atomic E-state index is 10.4. The number of nitrogens with one attached hydrogen (secondary N) is 1. The minimum atomic E-state index is -3.95. The SMILES string of the molecule is CC(=O)NCCC(C)S(=O)(=O)O.[Ca+2].[H-].[H-]. The van der Waals surface area contributed by atoms with E-state index in [0.29, 0.717) is 0 Å². The molecule has 7 heteroatoms. The molecule has 1 atom stereocenters. The van der Waals surface area contributed by atoms with Gasteiger partial charge < -0.3 is 8.17 Å². The van der Waals surface area contributed by atoms with Crippen molar-refractivity contribution in [2.45, 2.75) is 25.5 Å². The van der Waals surface area contributed by atoms with E-state index in [1.807, 2.05) is 0 Å². The normalized spacial score (nSPS) is 12.8. The fourth-order valence-corrected chi connectivity index (χ4v) is 1.02. The van der Waals surface area contributed by atoms with Crippen molar-refractivity contribution in [3.05, 3.63) is 0 Å². The van der Waals surface area contributed by atoms with Crippen molar-refractivity contribution in [3.8, 4) is 0 Å². The minimum absolute atomic E-state index is 0. The molecule has 0 aliphatic carbocycles. The Morgan fingerprint density at radius 1 is 1.62 bits per heavy atom. The monoisotopic (exact) mass is 237 g/mol. The minimum Gasteiger partial charge on any atom is -1.00 e. The number of hydrogen-bond donors (Lipinski definition) is 2. The first-order valence-corrected chi connectivity index (χ1v) is 5.05. The summed E-state index contributed by atoms with van der Waals surface area (Å²) in [5.74, 6) is -0.211. The van der Waals surface area contributed by atoms with E-state index in [1.54, 1.807) is 0 Å². The maximum Gasteiger partial charge on any atom is 2.00 e. The molecule has 0 rings (SSSR count). The third-order valence-corrected chi connectivity index (χ3v) is 2.69. The van der Waals surface area contributed by atoms with E-state index >= 15 is 0 Å². The Balaban J connectivity index is -0.000000202. The van der Waals surface area contributed by atoms with Crippen LogP contribution in [0.15, 0.2) is 0 Å². The van der Waals surface area contributed by atoms with E-state index in [9.17, 15) is 13.2 Å². The Morgan fingerprint density at radius 3 is 2.38 bits per heavy atom. The maximum absolute atomic E-state index is 10.4. The molecule has 0 aliphatic heterocycles. The van der Waals surface area contributed by atoms with Crippen LogP contribution in [0.2, 0.25) is 0 Å². The standard InChI is InChI=1S/C6H13NO4S.Ca.2H/c1-5(12(9,10)11)3-4-7-6(2)8;;;/h5H,3-4H2,1-2H3,(H,7,8)(H,9,10,11);;;/q;+2;2*-1. The van der Waals surface area contributed by atoms with Crippen LogP contribution < -0.4 is 5.32 Å². The van der Waals surface area contributed by atoms with E-state index in [0.717, 1.165) is 0 Å². The van der Waals surface area contributed by atoms with Gasteiger partial charge in [-0.05, 0) is 13.3 Å². The van der Waals surface area contributed by atoms with Crippen LogP contribution in [-0.4, -0.2) is 68.4 Å². The molecule has 0 saturated carbocycles. The molecule has 13 heavy (non-hydrogen) atoms. The van der Waals surface area contributed by atoms with Gasteiger partial charge in [-0.25, -0.2) is 0 Å². The molecule has 0 aromatic rings. The summed E-state index contributed by atoms with van der Waals surface area (Å²) < 4.78 is 29.4. The topological polar surface area (TPSA) is 83.5 Å². The van der Waals surface area contributed by atoms with Crippen LogP contribution in [0.5, 0.6) is 0 Å². The van der Waals surface area contributed by atoms with Crippen molar-refractivity contribution in [3.63, 3.8) is 0 Å². The average Bonchev–Trinajstić information content (AvgIpc) is 1.84. The second-order valence-corrected chi connectivity index (χ2v) is 4.43. The van der Waals surface area contributed by atoms with Gasteiger partial charge in [0.2, 0.25) is 5.91 Å². The van der Waals surface area contributed by atoms with Crippen molar-refractivity contribution < 1.29 is 20.6 Å². The third kappa shape index (κ3) is 8.96. The summed E-state index contributed by atoms with van der Waals surface area (Å²) in [5, 5.41) is 1.60. The number of carbonyl (C=O) groups is 1. The second kappa shape index (κ2) is 7.00. The Morgan fingerprint density at radius 2 is 2.08 bits per heavy atom. The summed E-state index contributed by atoms with van der Waals surface area (Å²) in [6, 6.07) is 0. The smallest absolute Gasteiger partial charge is 1.00 e. The first kappa shape index (κ1) is 16.1. The van der Waals surface area contributed by atoms with Crippen molar-refractivity contribution in [1.82, 2.24) is 5.32 Å². The van der Waals surface area contributed by atoms with Gasteiger partial charge in [0.1, 0.15) is 0 Å². The number of carbonyl (C=O) groups excluding carboxylic acids is 1. The molecule has 0 aromatic carbocycles. The van der Waals surface area contributed by atoms with Crippen molar-refractivity contribution in [2.24, 2.45) is 0 Å². The molecule has 76 valence electrons. The summed E-state index contributed by atoms with van der Waals surface area (Å²) in [5.41, 5.74) is 0. The zero-order chi connectivity index (χ0) is 9.78. The van der Waals surface area contributed by atoms with Crippen molar-refractivity contribution >= 4 is 53.8 Å². The van der Waals surface area contributed by atoms with Crippen molar-refractivity contribution in [1.29, 1.82) is 0 Å². The van der Waals surface area contributed by atoms with Crippen molar-refractivity contribution in [2.75, 3.05) is 6.54 Å². The van der Waals surface area contributed by atoms with Gasteiger partial charge in [0.15, 0.2) is 0 Å². The summed E-state index contributed by atoms with van der Waals surface area (Å²) in [6.07, 6.45) is 0.221. The van der Waals surface area contributed by atoms with Crippen LogP contribution in [0.1, 0.15) is 23.1 Å². The predicted molar refractivity (Wildman–Crippen MR) is 52.3 cm³/mol. The quantitative estimate of drug-likeness (QED) is 0.516. The number of amides is 1. The third-order valence-electron chi connectivity index (χ3n) is 1.43. The van der Waals surface area contributed by atoms with Gasteiger partial charge in [-0.3, -0.25) is 9.35 Å². The van der Waals surface area contributed by atoms with Crippen LogP contribution in [-0.2, 0) is 14.9 Å².